The van der Waals surface area contributed by atoms with Crippen LogP contribution in [0, 0.1) is 0 Å². The van der Waals surface area contributed by atoms with Crippen LogP contribution in [-0.2, 0) is 6.42 Å². The third-order valence-electron chi connectivity index (χ3n) is 4.85. The van der Waals surface area contributed by atoms with Crippen molar-refractivity contribution in [3.8, 4) is 17.2 Å². The number of nitrogens with one attached hydrogen (secondary N) is 2. The number of aliphatic imine (C=N–C) groups is 1. The molecule has 0 radical (unpaired) electrons. The first kappa shape index (κ1) is 25.9. The van der Waals surface area contributed by atoms with Gasteiger partial charge in [0, 0.05) is 19.6 Å². The van der Waals surface area contributed by atoms with Gasteiger partial charge in [-0.2, -0.15) is 0 Å². The quantitative estimate of drug-likeness (QED) is 0.244. The molecule has 0 amide bonds. The molecule has 2 rings (SSSR count). The first-order valence-corrected chi connectivity index (χ1v) is 10.1. The highest BCUT2D eigenvalue weighted by Gasteiger charge is 2.08. The predicted octanol–water partition coefficient (Wildman–Crippen LogP) is 4.32. The molecule has 0 saturated heterocycles. The fourth-order valence-electron chi connectivity index (χ4n) is 3.06. The van der Waals surface area contributed by atoms with Gasteiger partial charge in [0.15, 0.2) is 17.5 Å². The molecule has 0 aliphatic heterocycles. The Labute approximate surface area is 197 Å². The number of nitrogens with zero attached hydrogens (tertiary/aromatic N) is 1. The molecule has 0 aliphatic carbocycles. The molecule has 1 unspecified atom stereocenters. The van der Waals surface area contributed by atoms with E-state index in [0.29, 0.717) is 24.6 Å². The third-order valence-corrected chi connectivity index (χ3v) is 4.85. The summed E-state index contributed by atoms with van der Waals surface area (Å²) in [6.45, 7) is 6.45. The van der Waals surface area contributed by atoms with Crippen LogP contribution in [-0.4, -0.2) is 44.9 Å². The second-order valence-corrected chi connectivity index (χ2v) is 6.87. The van der Waals surface area contributed by atoms with Crippen molar-refractivity contribution in [2.75, 3.05) is 33.9 Å². The highest BCUT2D eigenvalue weighted by molar-refractivity contribution is 14.0. The summed E-state index contributed by atoms with van der Waals surface area (Å²) < 4.78 is 10.4. The molecule has 1 atom stereocenters. The van der Waals surface area contributed by atoms with Gasteiger partial charge in [-0.25, -0.2) is 0 Å². The smallest absolute Gasteiger partial charge is 0.191 e. The van der Waals surface area contributed by atoms with Crippen molar-refractivity contribution < 1.29 is 14.6 Å². The van der Waals surface area contributed by atoms with Crippen LogP contribution in [0.4, 0.5) is 0 Å². The Kier molecular flexibility index (Phi) is 12.0. The number of benzene rings is 2. The lowest BCUT2D eigenvalue weighted by Crippen LogP contribution is -2.38. The number of aromatic hydroxyl groups is 1. The van der Waals surface area contributed by atoms with Crippen molar-refractivity contribution in [3.05, 3.63) is 53.6 Å². The van der Waals surface area contributed by atoms with Gasteiger partial charge in [0.05, 0.1) is 14.2 Å². The maximum absolute atomic E-state index is 10.2. The lowest BCUT2D eigenvalue weighted by atomic mass is 9.98. The molecule has 0 bridgehead atoms. The topological polar surface area (TPSA) is 75.1 Å². The minimum Gasteiger partial charge on any atom is -0.504 e. The summed E-state index contributed by atoms with van der Waals surface area (Å²) in [6.07, 6.45) is 1.63. The fourth-order valence-corrected chi connectivity index (χ4v) is 3.06. The Morgan fingerprint density at radius 1 is 1.07 bits per heavy atom. The highest BCUT2D eigenvalue weighted by atomic mass is 127. The minimum absolute atomic E-state index is 0. The second kappa shape index (κ2) is 14.0. The van der Waals surface area contributed by atoms with Crippen molar-refractivity contribution in [2.24, 2.45) is 4.99 Å². The van der Waals surface area contributed by atoms with Gasteiger partial charge < -0.3 is 25.2 Å². The maximum Gasteiger partial charge on any atom is 0.191 e. The summed E-state index contributed by atoms with van der Waals surface area (Å²) in [5, 5.41) is 16.8. The van der Waals surface area contributed by atoms with Gasteiger partial charge in [0.1, 0.15) is 5.75 Å². The number of guanidine groups is 1. The minimum atomic E-state index is 0. The fraction of sp³-hybridized carbons (Fsp3) is 0.435. The van der Waals surface area contributed by atoms with Crippen molar-refractivity contribution in [1.29, 1.82) is 0 Å². The summed E-state index contributed by atoms with van der Waals surface area (Å²) in [4.78, 5) is 4.68. The first-order chi connectivity index (χ1) is 14.1. The summed E-state index contributed by atoms with van der Waals surface area (Å²) in [5.41, 5.74) is 2.13. The predicted molar refractivity (Wildman–Crippen MR) is 134 cm³/mol. The van der Waals surface area contributed by atoms with Crippen LogP contribution < -0.4 is 20.1 Å². The standard InChI is InChI=1S/C23H33N3O3.HI/c1-5-24-23(26-16-14-19-7-6-8-21(29-4)22(19)27)25-15-13-17(2)18-9-11-20(28-3)12-10-18;/h6-12,17,27H,5,13-16H2,1-4H3,(H2,24,25,26);1H. The summed E-state index contributed by atoms with van der Waals surface area (Å²) >= 11 is 0. The van der Waals surface area contributed by atoms with Gasteiger partial charge >= 0.3 is 0 Å². The molecule has 7 heteroatoms. The normalized spacial score (nSPS) is 11.9. The maximum atomic E-state index is 10.2. The number of phenolic OH excluding ortho intramolecular Hbond substituents is 1. The molecule has 2 aromatic carbocycles. The van der Waals surface area contributed by atoms with Gasteiger partial charge in [-0.1, -0.05) is 31.2 Å². The van der Waals surface area contributed by atoms with E-state index in [-0.39, 0.29) is 29.7 Å². The van der Waals surface area contributed by atoms with E-state index in [0.717, 1.165) is 36.8 Å². The molecule has 0 heterocycles. The molecule has 3 N–H and O–H groups in total. The van der Waals surface area contributed by atoms with Crippen LogP contribution in [0.25, 0.3) is 0 Å². The van der Waals surface area contributed by atoms with E-state index < -0.39 is 0 Å². The van der Waals surface area contributed by atoms with Gasteiger partial charge in [-0.05, 0) is 55.0 Å². The molecule has 0 aliphatic rings. The zero-order valence-corrected chi connectivity index (χ0v) is 20.6. The Morgan fingerprint density at radius 2 is 1.80 bits per heavy atom. The number of phenols is 1. The van der Waals surface area contributed by atoms with E-state index in [1.54, 1.807) is 20.3 Å². The molecule has 0 fully saturated rings. The molecular formula is C23H34IN3O3. The van der Waals surface area contributed by atoms with E-state index in [1.807, 2.05) is 31.2 Å². The average molecular weight is 527 g/mol. The van der Waals surface area contributed by atoms with Crippen LogP contribution in [0.15, 0.2) is 47.5 Å². The Hall–Kier alpha value is -2.16. The van der Waals surface area contributed by atoms with Crippen LogP contribution in [0.1, 0.15) is 37.3 Å². The Bertz CT molecular complexity index is 782. The van der Waals surface area contributed by atoms with E-state index in [9.17, 15) is 5.11 Å². The number of para-hydroxylation sites is 1. The molecular weight excluding hydrogens is 493 g/mol. The monoisotopic (exact) mass is 527 g/mol. The molecule has 0 spiro atoms. The van der Waals surface area contributed by atoms with Crippen LogP contribution >= 0.6 is 24.0 Å². The van der Waals surface area contributed by atoms with Crippen molar-refractivity contribution in [3.63, 3.8) is 0 Å². The van der Waals surface area contributed by atoms with Gasteiger partial charge in [0.2, 0.25) is 0 Å². The summed E-state index contributed by atoms with van der Waals surface area (Å²) in [7, 11) is 3.23. The van der Waals surface area contributed by atoms with Crippen LogP contribution in [0.5, 0.6) is 17.2 Å². The van der Waals surface area contributed by atoms with E-state index >= 15 is 0 Å². The number of methoxy groups -OCH3 is 2. The SMILES string of the molecule is CCNC(=NCCC(C)c1ccc(OC)cc1)NCCc1cccc(OC)c1O.I. The average Bonchev–Trinajstić information content (AvgIpc) is 2.75. The molecule has 30 heavy (non-hydrogen) atoms. The number of hydrogen-bond donors (Lipinski definition) is 3. The number of ether oxygens (including phenoxy) is 2. The van der Waals surface area contributed by atoms with Crippen molar-refractivity contribution in [2.45, 2.75) is 32.6 Å². The lowest BCUT2D eigenvalue weighted by Gasteiger charge is -2.14. The Morgan fingerprint density at radius 3 is 2.43 bits per heavy atom. The molecule has 2 aromatic rings. The lowest BCUT2D eigenvalue weighted by molar-refractivity contribution is 0.370. The third kappa shape index (κ3) is 7.93. The van der Waals surface area contributed by atoms with Gasteiger partial charge in [0.25, 0.3) is 0 Å². The second-order valence-electron chi connectivity index (χ2n) is 6.87. The molecule has 0 saturated carbocycles. The molecule has 166 valence electrons. The molecule has 0 aromatic heterocycles. The van der Waals surface area contributed by atoms with Crippen molar-refractivity contribution >= 4 is 29.9 Å². The van der Waals surface area contributed by atoms with Crippen LogP contribution in [0.3, 0.4) is 0 Å². The van der Waals surface area contributed by atoms with E-state index in [2.05, 4.69) is 34.7 Å². The Balaban J connectivity index is 0.00000450. The van der Waals surface area contributed by atoms with Crippen molar-refractivity contribution in [1.82, 2.24) is 10.6 Å². The zero-order valence-electron chi connectivity index (χ0n) is 18.3. The zero-order chi connectivity index (χ0) is 21.1. The van der Waals surface area contributed by atoms with E-state index in [1.165, 1.54) is 5.56 Å². The molecule has 6 nitrogen and oxygen atoms in total. The number of hydrogen-bond acceptors (Lipinski definition) is 4. The van der Waals surface area contributed by atoms with Crippen LogP contribution in [0.2, 0.25) is 0 Å². The van der Waals surface area contributed by atoms with Gasteiger partial charge in [-0.15, -0.1) is 24.0 Å². The first-order valence-electron chi connectivity index (χ1n) is 10.1. The summed E-state index contributed by atoms with van der Waals surface area (Å²) in [5.74, 6) is 2.78. The highest BCUT2D eigenvalue weighted by Crippen LogP contribution is 2.29. The summed E-state index contributed by atoms with van der Waals surface area (Å²) in [6, 6.07) is 13.7. The largest absolute Gasteiger partial charge is 0.504 e. The van der Waals surface area contributed by atoms with Gasteiger partial charge in [-0.3, -0.25) is 4.99 Å². The number of halogens is 1. The van der Waals surface area contributed by atoms with E-state index in [4.69, 9.17) is 9.47 Å². The number of rotatable bonds is 10.